The van der Waals surface area contributed by atoms with Crippen LogP contribution in [0.15, 0.2) is 71.8 Å². The van der Waals surface area contributed by atoms with Crippen molar-refractivity contribution in [1.82, 2.24) is 0 Å². The number of hydrogen-bond acceptors (Lipinski definition) is 4. The first-order valence-electron chi connectivity index (χ1n) is 18.4. The zero-order chi connectivity index (χ0) is 36.0. The first-order chi connectivity index (χ1) is 25.4. The van der Waals surface area contributed by atoms with Crippen LogP contribution in [-0.4, -0.2) is 19.6 Å². The van der Waals surface area contributed by atoms with Crippen LogP contribution in [-0.2, 0) is 9.13 Å². The fourth-order valence-electron chi connectivity index (χ4n) is 12.8. The van der Waals surface area contributed by atoms with Gasteiger partial charge in [-0.05, 0) is 105 Å². The van der Waals surface area contributed by atoms with Crippen molar-refractivity contribution < 1.29 is 37.8 Å². The summed E-state index contributed by atoms with van der Waals surface area (Å²) in [5.74, 6) is 2.99. The lowest BCUT2D eigenvalue weighted by Gasteiger charge is -2.33. The Morgan fingerprint density at radius 3 is 1.28 bits per heavy atom. The van der Waals surface area contributed by atoms with Crippen LogP contribution < -0.4 is 9.05 Å². The van der Waals surface area contributed by atoms with E-state index in [0.717, 1.165) is 35.1 Å². The van der Waals surface area contributed by atoms with E-state index < -0.39 is 15.6 Å². The normalized spacial score (nSPS) is 30.6. The molecule has 0 amide bonds. The van der Waals surface area contributed by atoms with Gasteiger partial charge in [-0.3, -0.25) is 19.6 Å². The minimum absolute atomic E-state index is 0.163. The highest BCUT2D eigenvalue weighted by Crippen LogP contribution is 2.73. The number of hydrogen-bond donors (Lipinski definition) is 4. The summed E-state index contributed by atoms with van der Waals surface area (Å²) in [6.45, 7) is 2.05. The fourth-order valence-corrected chi connectivity index (χ4v) is 13.6. The second kappa shape index (κ2) is 9.92. The maximum atomic E-state index is 12.9. The van der Waals surface area contributed by atoms with E-state index >= 15 is 0 Å². The van der Waals surface area contributed by atoms with Crippen molar-refractivity contribution in [2.75, 3.05) is 0 Å². The Labute approximate surface area is 306 Å². The first kappa shape index (κ1) is 31.2. The molecular weight excluding hydrogens is 706 g/mol. The lowest BCUT2D eigenvalue weighted by molar-refractivity contribution is 0.275. The SMILES string of the molecule is C#C/C=C1\C(=C/C)[C@H]2C[C@@H]1c1cc3c(cc12)[C@H]1C[C@@H]3c2c(OP(=O)(O)O)c3c(c(OP(=O)(O)O)c21)[C@H]1C[C@@H]3c2cc3c(cc21)[C@H]1C[C@@H]3c2ccccc21. The largest absolute Gasteiger partial charge is 0.524 e. The van der Waals surface area contributed by atoms with Gasteiger partial charge in [-0.25, -0.2) is 9.13 Å². The molecule has 8 nitrogen and oxygen atoms in total. The number of fused-ring (bicyclic) bond motifs is 29. The molecule has 0 radical (unpaired) electrons. The van der Waals surface area contributed by atoms with Gasteiger partial charge in [-0.15, -0.1) is 6.42 Å². The number of phosphoric acid groups is 2. The molecular formula is C43H34O8P2. The summed E-state index contributed by atoms with van der Waals surface area (Å²) < 4.78 is 37.3. The Hall–Kier alpha value is -4.18. The molecule has 1 fully saturated rings. The van der Waals surface area contributed by atoms with E-state index in [1.807, 2.05) is 13.0 Å². The average Bonchev–Trinajstić information content (AvgIpc) is 3.98. The van der Waals surface area contributed by atoms with Crippen LogP contribution in [0.4, 0.5) is 0 Å². The van der Waals surface area contributed by atoms with Crippen molar-refractivity contribution in [2.45, 2.75) is 80.0 Å². The van der Waals surface area contributed by atoms with Gasteiger partial charge in [0.25, 0.3) is 0 Å². The summed E-state index contributed by atoms with van der Waals surface area (Å²) in [6, 6.07) is 17.8. The van der Waals surface area contributed by atoms with E-state index in [1.165, 1.54) is 44.5 Å². The monoisotopic (exact) mass is 740 g/mol. The molecule has 0 aromatic heterocycles. The summed E-state index contributed by atoms with van der Waals surface area (Å²) in [6.07, 6.45) is 13.0. The molecule has 8 bridgehead atoms. The molecule has 53 heavy (non-hydrogen) atoms. The maximum Gasteiger partial charge on any atom is 0.524 e. The van der Waals surface area contributed by atoms with E-state index in [4.69, 9.17) is 15.5 Å². The van der Waals surface area contributed by atoms with E-state index in [1.54, 1.807) is 0 Å². The van der Waals surface area contributed by atoms with Crippen LogP contribution in [0.25, 0.3) is 0 Å². The molecule has 4 N–H and O–H groups in total. The fraction of sp³-hybridized carbons (Fsp3) is 0.302. The van der Waals surface area contributed by atoms with Gasteiger partial charge in [-0.1, -0.05) is 60.5 Å². The predicted molar refractivity (Wildman–Crippen MR) is 197 cm³/mol. The van der Waals surface area contributed by atoms with Gasteiger partial charge in [0.15, 0.2) is 0 Å². The van der Waals surface area contributed by atoms with Gasteiger partial charge in [0.1, 0.15) is 11.5 Å². The topological polar surface area (TPSA) is 134 Å². The van der Waals surface area contributed by atoms with Crippen LogP contribution >= 0.6 is 15.6 Å². The molecule has 0 unspecified atom stereocenters. The zero-order valence-corrected chi connectivity index (χ0v) is 30.4. The summed E-state index contributed by atoms with van der Waals surface area (Å²) in [7, 11) is -10.1. The van der Waals surface area contributed by atoms with Crippen molar-refractivity contribution in [3.05, 3.63) is 150 Å². The third-order valence-electron chi connectivity index (χ3n) is 14.2. The number of phosphoric ester groups is 2. The maximum absolute atomic E-state index is 12.9. The summed E-state index contributed by atoms with van der Waals surface area (Å²) in [5, 5.41) is 0. The molecule has 0 heterocycles. The van der Waals surface area contributed by atoms with Crippen molar-refractivity contribution in [1.29, 1.82) is 0 Å². The quantitative estimate of drug-likeness (QED) is 0.121. The number of terminal acetylenes is 1. The van der Waals surface area contributed by atoms with E-state index in [0.29, 0.717) is 46.9 Å². The molecule has 0 spiro atoms. The Balaban J connectivity index is 1.07. The molecule has 0 saturated heterocycles. The highest BCUT2D eigenvalue weighted by Gasteiger charge is 2.56. The molecule has 10 heteroatoms. The first-order valence-corrected chi connectivity index (χ1v) is 21.5. The standard InChI is InChI=1S/C43H34O8P2/c1-3-7-19-18(4-2)22-10-23(19)27-13-31-30(12-26(22)27)34-16-35(31)39-38(34)42(50-52(44,45)46)40-36-17-37(41(40)43(39)51-53(47,48)49)33-15-29-25-11-24(28(29)14-32(33)36)20-8-5-6-9-21(20)25/h1,4-9,12-15,22-25,34-37H,10-11,16-17H2,2H3,(H2,44,45,46)(H2,47,48,49)/b18-4+,19-7+/t22-,23+,24+,25-,34-,35+,36+,37-/m1/s1. The van der Waals surface area contributed by atoms with Crippen molar-refractivity contribution in [2.24, 2.45) is 0 Å². The van der Waals surface area contributed by atoms with Gasteiger partial charge in [0.05, 0.1) is 0 Å². The number of allylic oxidation sites excluding steroid dienone is 4. The molecule has 4 aromatic carbocycles. The summed E-state index contributed by atoms with van der Waals surface area (Å²) >= 11 is 0. The predicted octanol–water partition coefficient (Wildman–Crippen LogP) is 8.66. The van der Waals surface area contributed by atoms with Crippen LogP contribution in [0.3, 0.4) is 0 Å². The zero-order valence-electron chi connectivity index (χ0n) is 28.6. The van der Waals surface area contributed by atoms with E-state index in [2.05, 4.69) is 60.5 Å². The number of rotatable bonds is 4. The van der Waals surface area contributed by atoms with Crippen LogP contribution in [0, 0.1) is 12.3 Å². The molecule has 0 aliphatic heterocycles. The Kier molecular flexibility index (Phi) is 5.84. The molecule has 8 atom stereocenters. The molecule has 8 aliphatic carbocycles. The van der Waals surface area contributed by atoms with Crippen LogP contribution in [0.2, 0.25) is 0 Å². The van der Waals surface area contributed by atoms with Gasteiger partial charge < -0.3 is 9.05 Å². The Bertz CT molecular complexity index is 2670. The van der Waals surface area contributed by atoms with Crippen LogP contribution in [0.5, 0.6) is 11.5 Å². The van der Waals surface area contributed by atoms with Gasteiger partial charge in [0.2, 0.25) is 0 Å². The lowest BCUT2D eigenvalue weighted by atomic mass is 9.74. The Morgan fingerprint density at radius 2 is 0.906 bits per heavy atom. The minimum atomic E-state index is -5.06. The third-order valence-corrected chi connectivity index (χ3v) is 15.1. The summed E-state index contributed by atoms with van der Waals surface area (Å²) in [5.41, 5.74) is 17.0. The highest BCUT2D eigenvalue weighted by atomic mass is 31.2. The van der Waals surface area contributed by atoms with Gasteiger partial charge >= 0.3 is 15.6 Å². The Morgan fingerprint density at radius 1 is 0.566 bits per heavy atom. The third kappa shape index (κ3) is 3.83. The number of benzene rings is 4. The smallest absolute Gasteiger partial charge is 0.404 e. The summed E-state index contributed by atoms with van der Waals surface area (Å²) in [4.78, 5) is 41.8. The van der Waals surface area contributed by atoms with Gasteiger partial charge in [0, 0.05) is 69.6 Å². The molecule has 4 aromatic rings. The average molecular weight is 741 g/mol. The van der Waals surface area contributed by atoms with Crippen molar-refractivity contribution >= 4 is 15.6 Å². The lowest BCUT2D eigenvalue weighted by Crippen LogP contribution is -2.16. The second-order valence-corrected chi connectivity index (χ2v) is 18.5. The molecule has 8 aliphatic rings. The molecule has 12 rings (SSSR count). The minimum Gasteiger partial charge on any atom is -0.404 e. The van der Waals surface area contributed by atoms with Gasteiger partial charge in [-0.2, -0.15) is 0 Å². The van der Waals surface area contributed by atoms with E-state index in [-0.39, 0.29) is 47.0 Å². The molecule has 1 saturated carbocycles. The highest BCUT2D eigenvalue weighted by molar-refractivity contribution is 7.47. The molecule has 264 valence electrons. The van der Waals surface area contributed by atoms with Crippen molar-refractivity contribution in [3.8, 4) is 23.8 Å². The van der Waals surface area contributed by atoms with E-state index in [9.17, 15) is 28.7 Å². The van der Waals surface area contributed by atoms with Crippen molar-refractivity contribution in [3.63, 3.8) is 0 Å². The second-order valence-electron chi connectivity index (χ2n) is 16.2. The van der Waals surface area contributed by atoms with Crippen LogP contribution in [0.1, 0.15) is 158 Å².